The molecule has 2 rings (SSSR count). The van der Waals surface area contributed by atoms with Crippen LogP contribution >= 0.6 is 0 Å². The van der Waals surface area contributed by atoms with E-state index in [1.54, 1.807) is 0 Å². The molecule has 0 aromatic carbocycles. The summed E-state index contributed by atoms with van der Waals surface area (Å²) in [5.41, 5.74) is 0. The summed E-state index contributed by atoms with van der Waals surface area (Å²) in [6.07, 6.45) is 10.7. The molecule has 0 aromatic heterocycles. The third-order valence-electron chi connectivity index (χ3n) is 4.14. The Balaban J connectivity index is 1.84. The molecule has 88 valence electrons. The largest absolute Gasteiger partial charge is 0.396 e. The van der Waals surface area contributed by atoms with Gasteiger partial charge >= 0.3 is 0 Å². The first-order chi connectivity index (χ1) is 7.42. The van der Waals surface area contributed by atoms with Gasteiger partial charge in [0.2, 0.25) is 0 Å². The van der Waals surface area contributed by atoms with Crippen LogP contribution in [0, 0.1) is 11.8 Å². The number of ether oxygens (including phenoxy) is 1. The molecule has 1 aliphatic carbocycles. The summed E-state index contributed by atoms with van der Waals surface area (Å²) in [4.78, 5) is 0. The molecule has 0 radical (unpaired) electrons. The van der Waals surface area contributed by atoms with Crippen molar-refractivity contribution in [1.82, 2.24) is 0 Å². The van der Waals surface area contributed by atoms with Crippen LogP contribution in [-0.2, 0) is 4.74 Å². The lowest BCUT2D eigenvalue weighted by atomic mass is 9.70. The minimum Gasteiger partial charge on any atom is -0.396 e. The average molecular weight is 212 g/mol. The Kier molecular flexibility index (Phi) is 4.45. The second kappa shape index (κ2) is 5.86. The minimum atomic E-state index is 0.343. The summed E-state index contributed by atoms with van der Waals surface area (Å²) in [7, 11) is 0. The predicted octanol–water partition coefficient (Wildman–Crippen LogP) is 2.74. The molecule has 15 heavy (non-hydrogen) atoms. The monoisotopic (exact) mass is 212 g/mol. The van der Waals surface area contributed by atoms with Gasteiger partial charge in [-0.1, -0.05) is 19.3 Å². The third-order valence-corrected chi connectivity index (χ3v) is 4.14. The van der Waals surface area contributed by atoms with Crippen molar-refractivity contribution >= 4 is 0 Å². The first-order valence-corrected chi connectivity index (χ1v) is 6.64. The van der Waals surface area contributed by atoms with Gasteiger partial charge in [0.05, 0.1) is 6.10 Å². The van der Waals surface area contributed by atoms with Gasteiger partial charge in [0, 0.05) is 13.2 Å². The topological polar surface area (TPSA) is 29.5 Å². The van der Waals surface area contributed by atoms with Crippen LogP contribution in [0.25, 0.3) is 0 Å². The van der Waals surface area contributed by atoms with Crippen molar-refractivity contribution in [3.8, 4) is 0 Å². The first kappa shape index (κ1) is 11.4. The van der Waals surface area contributed by atoms with Crippen LogP contribution in [-0.4, -0.2) is 24.4 Å². The summed E-state index contributed by atoms with van der Waals surface area (Å²) in [5.74, 6) is 1.64. The Morgan fingerprint density at radius 1 is 1.13 bits per heavy atom. The molecule has 2 unspecified atom stereocenters. The van der Waals surface area contributed by atoms with Crippen LogP contribution in [0.2, 0.25) is 0 Å². The molecule has 1 saturated carbocycles. The van der Waals surface area contributed by atoms with Gasteiger partial charge in [-0.15, -0.1) is 0 Å². The van der Waals surface area contributed by atoms with E-state index in [0.717, 1.165) is 24.9 Å². The fraction of sp³-hybridized carbons (Fsp3) is 1.00. The molecular weight excluding hydrogens is 188 g/mol. The van der Waals surface area contributed by atoms with Crippen molar-refractivity contribution < 1.29 is 9.84 Å². The van der Waals surface area contributed by atoms with E-state index in [9.17, 15) is 0 Å². The molecule has 0 amide bonds. The zero-order valence-corrected chi connectivity index (χ0v) is 9.66. The van der Waals surface area contributed by atoms with Crippen LogP contribution in [0.3, 0.4) is 0 Å². The van der Waals surface area contributed by atoms with E-state index >= 15 is 0 Å². The molecular formula is C13H24O2. The highest BCUT2D eigenvalue weighted by Crippen LogP contribution is 2.40. The van der Waals surface area contributed by atoms with E-state index < -0.39 is 0 Å². The standard InChI is InChI=1S/C13H24O2/c14-9-4-7-12(11-5-3-6-11)13-8-1-2-10-15-13/h11-14H,1-10H2. The summed E-state index contributed by atoms with van der Waals surface area (Å²) in [6, 6.07) is 0. The van der Waals surface area contributed by atoms with E-state index in [0.29, 0.717) is 12.7 Å². The van der Waals surface area contributed by atoms with Crippen LogP contribution in [0.4, 0.5) is 0 Å². The van der Waals surface area contributed by atoms with Gasteiger partial charge in [-0.2, -0.15) is 0 Å². The van der Waals surface area contributed by atoms with Gasteiger partial charge in [-0.25, -0.2) is 0 Å². The van der Waals surface area contributed by atoms with Crippen molar-refractivity contribution in [2.45, 2.75) is 57.5 Å². The lowest BCUT2D eigenvalue weighted by Gasteiger charge is -2.40. The second-order valence-corrected chi connectivity index (χ2v) is 5.13. The zero-order valence-electron chi connectivity index (χ0n) is 9.66. The molecule has 2 heteroatoms. The molecule has 1 aliphatic heterocycles. The van der Waals surface area contributed by atoms with E-state index in [1.165, 1.54) is 44.9 Å². The molecule has 2 atom stereocenters. The van der Waals surface area contributed by atoms with E-state index in [-0.39, 0.29) is 0 Å². The van der Waals surface area contributed by atoms with Crippen molar-refractivity contribution in [1.29, 1.82) is 0 Å². The summed E-state index contributed by atoms with van der Waals surface area (Å²) in [5, 5.41) is 8.95. The van der Waals surface area contributed by atoms with Crippen molar-refractivity contribution in [3.05, 3.63) is 0 Å². The SMILES string of the molecule is OCCCC(C1CCC1)C1CCCCO1. The van der Waals surface area contributed by atoms with Crippen molar-refractivity contribution in [3.63, 3.8) is 0 Å². The highest BCUT2D eigenvalue weighted by Gasteiger charge is 2.33. The Morgan fingerprint density at radius 3 is 2.53 bits per heavy atom. The van der Waals surface area contributed by atoms with Gasteiger partial charge in [-0.05, 0) is 43.9 Å². The summed E-state index contributed by atoms with van der Waals surface area (Å²) >= 11 is 0. The Labute approximate surface area is 93.0 Å². The maximum absolute atomic E-state index is 8.95. The molecule has 2 aliphatic rings. The Hall–Kier alpha value is -0.0800. The van der Waals surface area contributed by atoms with Crippen LogP contribution in [0.5, 0.6) is 0 Å². The second-order valence-electron chi connectivity index (χ2n) is 5.13. The fourth-order valence-electron chi connectivity index (χ4n) is 3.02. The lowest BCUT2D eigenvalue weighted by Crippen LogP contribution is -2.36. The van der Waals surface area contributed by atoms with Crippen LogP contribution in [0.1, 0.15) is 51.4 Å². The minimum absolute atomic E-state index is 0.343. The van der Waals surface area contributed by atoms with E-state index in [2.05, 4.69) is 0 Å². The quantitative estimate of drug-likeness (QED) is 0.759. The highest BCUT2D eigenvalue weighted by atomic mass is 16.5. The van der Waals surface area contributed by atoms with Gasteiger partial charge < -0.3 is 9.84 Å². The molecule has 2 fully saturated rings. The lowest BCUT2D eigenvalue weighted by molar-refractivity contribution is -0.0532. The Morgan fingerprint density at radius 2 is 2.00 bits per heavy atom. The molecule has 0 spiro atoms. The smallest absolute Gasteiger partial charge is 0.0605 e. The number of aliphatic hydroxyl groups is 1. The average Bonchev–Trinajstić information content (AvgIpc) is 2.22. The highest BCUT2D eigenvalue weighted by molar-refractivity contribution is 4.84. The summed E-state index contributed by atoms with van der Waals surface area (Å²) in [6.45, 7) is 1.31. The van der Waals surface area contributed by atoms with E-state index in [4.69, 9.17) is 9.84 Å². The van der Waals surface area contributed by atoms with Crippen molar-refractivity contribution in [2.75, 3.05) is 13.2 Å². The molecule has 1 N–H and O–H groups in total. The normalized spacial score (nSPS) is 29.8. The number of rotatable bonds is 5. The molecule has 1 saturated heterocycles. The summed E-state index contributed by atoms with van der Waals surface area (Å²) < 4.78 is 5.91. The maximum Gasteiger partial charge on any atom is 0.0605 e. The van der Waals surface area contributed by atoms with Gasteiger partial charge in [0.15, 0.2) is 0 Å². The van der Waals surface area contributed by atoms with Gasteiger partial charge in [0.25, 0.3) is 0 Å². The van der Waals surface area contributed by atoms with Crippen molar-refractivity contribution in [2.24, 2.45) is 11.8 Å². The number of aliphatic hydroxyl groups excluding tert-OH is 1. The Bertz CT molecular complexity index is 171. The number of hydrogen-bond acceptors (Lipinski definition) is 2. The first-order valence-electron chi connectivity index (χ1n) is 6.64. The van der Waals surface area contributed by atoms with Gasteiger partial charge in [0.1, 0.15) is 0 Å². The number of hydrogen-bond donors (Lipinski definition) is 1. The van der Waals surface area contributed by atoms with Gasteiger partial charge in [-0.3, -0.25) is 0 Å². The third kappa shape index (κ3) is 2.94. The maximum atomic E-state index is 8.95. The molecule has 0 aromatic rings. The molecule has 1 heterocycles. The predicted molar refractivity (Wildman–Crippen MR) is 60.7 cm³/mol. The van der Waals surface area contributed by atoms with Crippen LogP contribution in [0.15, 0.2) is 0 Å². The zero-order chi connectivity index (χ0) is 10.5. The van der Waals surface area contributed by atoms with Crippen LogP contribution < -0.4 is 0 Å². The van der Waals surface area contributed by atoms with E-state index in [1.807, 2.05) is 0 Å². The molecule has 2 nitrogen and oxygen atoms in total. The molecule has 0 bridgehead atoms. The fourth-order valence-corrected chi connectivity index (χ4v) is 3.02.